The molecule has 2 aromatic rings. The van der Waals surface area contributed by atoms with Crippen LogP contribution in [0.25, 0.3) is 0 Å². The molecule has 2 aromatic carbocycles. The van der Waals surface area contributed by atoms with Gasteiger partial charge in [-0.2, -0.15) is 5.10 Å². The molecule has 0 atom stereocenters. The van der Waals surface area contributed by atoms with E-state index in [1.165, 1.54) is 20.2 Å². The van der Waals surface area contributed by atoms with Gasteiger partial charge in [-0.3, -0.25) is 9.59 Å². The van der Waals surface area contributed by atoms with Crippen molar-refractivity contribution in [2.24, 2.45) is 5.10 Å². The molecule has 0 unspecified atom stereocenters. The zero-order valence-corrected chi connectivity index (χ0v) is 16.6. The van der Waals surface area contributed by atoms with E-state index in [4.69, 9.17) is 14.2 Å². The van der Waals surface area contributed by atoms with E-state index in [1.807, 2.05) is 22.6 Å². The average molecular weight is 468 g/mol. The van der Waals surface area contributed by atoms with Gasteiger partial charge in [0, 0.05) is 12.5 Å². The van der Waals surface area contributed by atoms with E-state index in [9.17, 15) is 9.59 Å². The molecule has 0 radical (unpaired) electrons. The predicted molar refractivity (Wildman–Crippen MR) is 105 cm³/mol. The summed E-state index contributed by atoms with van der Waals surface area (Å²) in [5.74, 6) is 0.631. The first kappa shape index (κ1) is 19.7. The van der Waals surface area contributed by atoms with Crippen LogP contribution >= 0.6 is 22.6 Å². The van der Waals surface area contributed by atoms with Crippen LogP contribution in [0.3, 0.4) is 0 Å². The number of hydrogen-bond donors (Lipinski definition) is 1. The normalized spacial score (nSPS) is 10.5. The Morgan fingerprint density at radius 2 is 1.81 bits per heavy atom. The van der Waals surface area contributed by atoms with Gasteiger partial charge in [-0.15, -0.1) is 0 Å². The second-order valence-electron chi connectivity index (χ2n) is 5.06. The summed E-state index contributed by atoms with van der Waals surface area (Å²) in [5.41, 5.74) is 3.59. The number of amides is 1. The molecular weight excluding hydrogens is 451 g/mol. The maximum atomic E-state index is 12.1. The van der Waals surface area contributed by atoms with Crippen LogP contribution < -0.4 is 19.6 Å². The summed E-state index contributed by atoms with van der Waals surface area (Å²) in [6.07, 6.45) is 1.48. The van der Waals surface area contributed by atoms with Gasteiger partial charge in [-0.25, -0.2) is 5.43 Å². The molecule has 1 amide bonds. The van der Waals surface area contributed by atoms with Gasteiger partial charge in [0.15, 0.2) is 11.5 Å². The molecular formula is C18H17IN2O5. The van der Waals surface area contributed by atoms with Crippen molar-refractivity contribution in [3.63, 3.8) is 0 Å². The Bertz CT molecular complexity index is 834. The number of ether oxygens (including phenoxy) is 3. The third kappa shape index (κ3) is 5.19. The van der Waals surface area contributed by atoms with Crippen molar-refractivity contribution in [2.45, 2.75) is 6.92 Å². The standard InChI is InChI=1S/C18H17IN2O5/c1-11(22)26-17-15(19)8-12(9-16(17)25-3)10-20-21-18(23)13-4-6-14(24-2)7-5-13/h4-10H,1-3H3,(H,21,23)/b20-10-. The van der Waals surface area contributed by atoms with Crippen LogP contribution in [0.1, 0.15) is 22.8 Å². The van der Waals surface area contributed by atoms with E-state index in [0.717, 1.165) is 0 Å². The molecule has 1 N–H and O–H groups in total. The number of hydrogen-bond acceptors (Lipinski definition) is 6. The van der Waals surface area contributed by atoms with E-state index in [-0.39, 0.29) is 5.91 Å². The van der Waals surface area contributed by atoms with Crippen molar-refractivity contribution < 1.29 is 23.8 Å². The van der Waals surface area contributed by atoms with Gasteiger partial charge >= 0.3 is 5.97 Å². The molecule has 7 nitrogen and oxygen atoms in total. The molecule has 0 aromatic heterocycles. The highest BCUT2D eigenvalue weighted by Crippen LogP contribution is 2.33. The molecule has 0 aliphatic carbocycles. The molecule has 0 aliphatic heterocycles. The van der Waals surface area contributed by atoms with Gasteiger partial charge < -0.3 is 14.2 Å². The fourth-order valence-corrected chi connectivity index (χ4v) is 2.76. The van der Waals surface area contributed by atoms with Gasteiger partial charge in [-0.1, -0.05) is 0 Å². The van der Waals surface area contributed by atoms with Gasteiger partial charge in [0.1, 0.15) is 5.75 Å². The molecule has 0 saturated heterocycles. The highest BCUT2D eigenvalue weighted by Gasteiger charge is 2.13. The summed E-state index contributed by atoms with van der Waals surface area (Å²) in [6.45, 7) is 1.32. The molecule has 0 bridgehead atoms. The minimum Gasteiger partial charge on any atom is -0.497 e. The second kappa shape index (κ2) is 9.18. The van der Waals surface area contributed by atoms with Gasteiger partial charge in [0.05, 0.1) is 24.0 Å². The highest BCUT2D eigenvalue weighted by molar-refractivity contribution is 14.1. The average Bonchev–Trinajstić information content (AvgIpc) is 2.63. The van der Waals surface area contributed by atoms with Crippen molar-refractivity contribution >= 4 is 40.7 Å². The lowest BCUT2D eigenvalue weighted by atomic mass is 10.2. The summed E-state index contributed by atoms with van der Waals surface area (Å²) in [6, 6.07) is 10.1. The lowest BCUT2D eigenvalue weighted by Crippen LogP contribution is -2.17. The van der Waals surface area contributed by atoms with Crippen molar-refractivity contribution in [3.05, 3.63) is 51.1 Å². The Hall–Kier alpha value is -2.62. The Morgan fingerprint density at radius 3 is 2.38 bits per heavy atom. The number of halogens is 1. The molecule has 26 heavy (non-hydrogen) atoms. The minimum absolute atomic E-state index is 0.345. The molecule has 0 saturated carbocycles. The fraction of sp³-hybridized carbons (Fsp3) is 0.167. The Kier molecular flexibility index (Phi) is 6.96. The lowest BCUT2D eigenvalue weighted by Gasteiger charge is -2.10. The Labute approximate surface area is 164 Å². The Balaban J connectivity index is 2.10. The van der Waals surface area contributed by atoms with E-state index < -0.39 is 5.97 Å². The Morgan fingerprint density at radius 1 is 1.12 bits per heavy atom. The largest absolute Gasteiger partial charge is 0.497 e. The van der Waals surface area contributed by atoms with Crippen molar-refractivity contribution in [1.82, 2.24) is 5.43 Å². The molecule has 0 spiro atoms. The monoisotopic (exact) mass is 468 g/mol. The van der Waals surface area contributed by atoms with Gasteiger partial charge in [0.2, 0.25) is 0 Å². The number of methoxy groups -OCH3 is 2. The first-order valence-electron chi connectivity index (χ1n) is 7.48. The van der Waals surface area contributed by atoms with Crippen molar-refractivity contribution in [2.75, 3.05) is 14.2 Å². The molecule has 0 aliphatic rings. The number of benzene rings is 2. The number of nitrogens with zero attached hydrogens (tertiary/aromatic N) is 1. The van der Waals surface area contributed by atoms with Gasteiger partial charge in [-0.05, 0) is 64.6 Å². The molecule has 0 heterocycles. The number of hydrazone groups is 1. The van der Waals surface area contributed by atoms with Crippen LogP contribution in [0.4, 0.5) is 0 Å². The SMILES string of the molecule is COc1ccc(C(=O)N/N=C\c2cc(I)c(OC(C)=O)c(OC)c2)cc1. The highest BCUT2D eigenvalue weighted by atomic mass is 127. The van der Waals surface area contributed by atoms with Crippen molar-refractivity contribution in [1.29, 1.82) is 0 Å². The summed E-state index contributed by atoms with van der Waals surface area (Å²) in [5, 5.41) is 3.95. The lowest BCUT2D eigenvalue weighted by molar-refractivity contribution is -0.132. The second-order valence-corrected chi connectivity index (χ2v) is 6.22. The number of carbonyl (C=O) groups is 2. The van der Waals surface area contributed by atoms with Crippen LogP contribution in [0.15, 0.2) is 41.5 Å². The van der Waals surface area contributed by atoms with E-state index in [1.54, 1.807) is 43.5 Å². The predicted octanol–water partition coefficient (Wildman–Crippen LogP) is 3.00. The maximum absolute atomic E-state index is 12.1. The van der Waals surface area contributed by atoms with E-state index in [2.05, 4.69) is 10.5 Å². The van der Waals surface area contributed by atoms with E-state index in [0.29, 0.717) is 31.9 Å². The van der Waals surface area contributed by atoms with Crippen LogP contribution in [0, 0.1) is 3.57 Å². The summed E-state index contributed by atoms with van der Waals surface area (Å²) in [7, 11) is 3.03. The summed E-state index contributed by atoms with van der Waals surface area (Å²) in [4.78, 5) is 23.2. The first-order valence-corrected chi connectivity index (χ1v) is 8.56. The van der Waals surface area contributed by atoms with Crippen LogP contribution in [-0.2, 0) is 4.79 Å². The van der Waals surface area contributed by atoms with Crippen LogP contribution in [0.5, 0.6) is 17.2 Å². The van der Waals surface area contributed by atoms with E-state index >= 15 is 0 Å². The number of nitrogens with one attached hydrogen (secondary N) is 1. The third-order valence-corrected chi connectivity index (χ3v) is 4.03. The smallest absolute Gasteiger partial charge is 0.308 e. The zero-order chi connectivity index (χ0) is 19.1. The number of carbonyl (C=O) groups excluding carboxylic acids is 2. The molecule has 8 heteroatoms. The zero-order valence-electron chi connectivity index (χ0n) is 14.4. The quantitative estimate of drug-likeness (QED) is 0.232. The van der Waals surface area contributed by atoms with Crippen LogP contribution in [0.2, 0.25) is 0 Å². The molecule has 0 fully saturated rings. The minimum atomic E-state index is -0.436. The van der Waals surface area contributed by atoms with Crippen LogP contribution in [-0.4, -0.2) is 32.3 Å². The summed E-state index contributed by atoms with van der Waals surface area (Å²) < 4.78 is 16.1. The third-order valence-electron chi connectivity index (χ3n) is 3.23. The molecule has 136 valence electrons. The number of rotatable bonds is 6. The maximum Gasteiger partial charge on any atom is 0.308 e. The first-order chi connectivity index (χ1) is 12.4. The van der Waals surface area contributed by atoms with Crippen molar-refractivity contribution in [3.8, 4) is 17.2 Å². The molecule has 2 rings (SSSR count). The fourth-order valence-electron chi connectivity index (χ4n) is 2.03. The van der Waals surface area contributed by atoms with Gasteiger partial charge in [0.25, 0.3) is 5.91 Å². The number of esters is 1. The summed E-state index contributed by atoms with van der Waals surface area (Å²) >= 11 is 2.03. The topological polar surface area (TPSA) is 86.2 Å².